The van der Waals surface area contributed by atoms with Crippen molar-refractivity contribution in [1.82, 2.24) is 8.97 Å². The number of para-hydroxylation sites is 3. The number of hydrogen-bond acceptors (Lipinski definition) is 2. The van der Waals surface area contributed by atoms with Crippen molar-refractivity contribution < 1.29 is 8.83 Å². The molecule has 0 aliphatic heterocycles. The minimum absolute atomic E-state index is 0.891. The van der Waals surface area contributed by atoms with Crippen LogP contribution in [0.1, 0.15) is 6.92 Å². The van der Waals surface area contributed by atoms with E-state index in [0.29, 0.717) is 0 Å². The van der Waals surface area contributed by atoms with Gasteiger partial charge in [0.15, 0.2) is 11.2 Å². The second-order valence-corrected chi connectivity index (χ2v) is 14.0. The van der Waals surface area contributed by atoms with Crippen molar-refractivity contribution >= 4 is 105 Å². The molecule has 0 unspecified atom stereocenters. The summed E-state index contributed by atoms with van der Waals surface area (Å²) in [5.41, 5.74) is 11.5. The van der Waals surface area contributed by atoms with E-state index in [2.05, 4.69) is 156 Å². The van der Waals surface area contributed by atoms with E-state index < -0.39 is 0 Å². The molecular formula is C49H30N2O2. The maximum Gasteiger partial charge on any atom is 0.160 e. The Kier molecular flexibility index (Phi) is 5.55. The molecule has 5 aromatic heterocycles. The van der Waals surface area contributed by atoms with Crippen LogP contribution in [0, 0.1) is 0 Å². The van der Waals surface area contributed by atoms with E-state index in [0.717, 1.165) is 87.8 Å². The number of furan rings is 2. The second-order valence-electron chi connectivity index (χ2n) is 14.0. The fraction of sp³-hybridized carbons (Fsp3) is 0.0204. The number of hydrogen-bond donors (Lipinski definition) is 0. The van der Waals surface area contributed by atoms with Crippen LogP contribution in [0.25, 0.3) is 122 Å². The van der Waals surface area contributed by atoms with Crippen LogP contribution in [0.5, 0.6) is 0 Å². The monoisotopic (exact) mass is 678 g/mol. The number of fused-ring (bicyclic) bond motifs is 15. The van der Waals surface area contributed by atoms with Crippen molar-refractivity contribution in [3.63, 3.8) is 0 Å². The van der Waals surface area contributed by atoms with Crippen LogP contribution in [0.3, 0.4) is 0 Å². The first-order valence-electron chi connectivity index (χ1n) is 18.1. The molecule has 0 atom stereocenters. The van der Waals surface area contributed by atoms with Gasteiger partial charge >= 0.3 is 0 Å². The van der Waals surface area contributed by atoms with Gasteiger partial charge in [-0.15, -0.1) is 0 Å². The fourth-order valence-corrected chi connectivity index (χ4v) is 9.16. The normalized spacial score (nSPS) is 13.3. The molecule has 0 aliphatic carbocycles. The van der Waals surface area contributed by atoms with Gasteiger partial charge in [-0.2, -0.15) is 0 Å². The van der Waals surface area contributed by atoms with Gasteiger partial charge in [0.1, 0.15) is 11.2 Å². The summed E-state index contributed by atoms with van der Waals surface area (Å²) in [6, 6.07) is 47.9. The summed E-state index contributed by atoms with van der Waals surface area (Å²) < 4.78 is 18.2. The number of aromatic nitrogens is 2. The van der Waals surface area contributed by atoms with Gasteiger partial charge < -0.3 is 17.8 Å². The summed E-state index contributed by atoms with van der Waals surface area (Å²) in [4.78, 5) is 0. The van der Waals surface area contributed by atoms with Crippen LogP contribution in [0.4, 0.5) is 0 Å². The number of rotatable bonds is 3. The predicted octanol–water partition coefficient (Wildman–Crippen LogP) is 12.0. The van der Waals surface area contributed by atoms with Crippen molar-refractivity contribution in [2.24, 2.45) is 0 Å². The SMILES string of the molecule is C=C/C=c1\c(=C/C)c2ccccc2n1-c1ccc(-c2cc3c4ccc5c6ccccc6oc5c4n4c3c(c2)c2ccc3c5ccccc5oc3c24)cc1. The van der Waals surface area contributed by atoms with Crippen molar-refractivity contribution in [1.29, 1.82) is 0 Å². The Balaban J connectivity index is 1.17. The third-order valence-electron chi connectivity index (χ3n) is 11.4. The van der Waals surface area contributed by atoms with Crippen LogP contribution in [0.15, 0.2) is 155 Å². The summed E-state index contributed by atoms with van der Waals surface area (Å²) in [5, 5.41) is 12.8. The zero-order chi connectivity index (χ0) is 34.9. The standard InChI is InChI=1S/C49H30N2O2/c1-3-11-41-31(4-2)32-12-5-8-15-42(32)50(41)30-20-18-28(19-21-30)29-26-39-35-22-24-37-33-13-6-9-16-43(33)52-48(37)46(35)51-45(39)40(27-29)36-23-25-38-34-14-7-10-17-44(34)53-49(38)47(36)51/h3-27H,1H2,2H3/b31-4-,41-11+. The Morgan fingerprint density at radius 3 is 1.64 bits per heavy atom. The highest BCUT2D eigenvalue weighted by Crippen LogP contribution is 2.47. The molecule has 0 spiro atoms. The van der Waals surface area contributed by atoms with Crippen LogP contribution < -0.4 is 10.6 Å². The zero-order valence-electron chi connectivity index (χ0n) is 28.9. The summed E-state index contributed by atoms with van der Waals surface area (Å²) in [7, 11) is 0. The van der Waals surface area contributed by atoms with Gasteiger partial charge in [-0.05, 0) is 78.7 Å². The lowest BCUT2D eigenvalue weighted by atomic mass is 9.98. The maximum absolute atomic E-state index is 6.72. The molecule has 7 aromatic carbocycles. The van der Waals surface area contributed by atoms with Gasteiger partial charge in [0.2, 0.25) is 0 Å². The van der Waals surface area contributed by atoms with Gasteiger partial charge in [-0.1, -0.05) is 97.6 Å². The Labute approximate surface area is 302 Å². The second kappa shape index (κ2) is 10.3. The third kappa shape index (κ3) is 3.64. The van der Waals surface area contributed by atoms with Crippen molar-refractivity contribution in [2.75, 3.05) is 0 Å². The molecule has 0 saturated heterocycles. The molecule has 12 aromatic rings. The average molecular weight is 679 g/mol. The first kappa shape index (κ1) is 28.6. The molecule has 0 aliphatic rings. The van der Waals surface area contributed by atoms with E-state index >= 15 is 0 Å². The molecule has 0 fully saturated rings. The van der Waals surface area contributed by atoms with Crippen molar-refractivity contribution in [3.05, 3.63) is 157 Å². The van der Waals surface area contributed by atoms with Crippen molar-refractivity contribution in [2.45, 2.75) is 6.92 Å². The van der Waals surface area contributed by atoms with Gasteiger partial charge in [-0.25, -0.2) is 0 Å². The van der Waals surface area contributed by atoms with Crippen molar-refractivity contribution in [3.8, 4) is 16.8 Å². The molecule has 4 nitrogen and oxygen atoms in total. The lowest BCUT2D eigenvalue weighted by molar-refractivity contribution is 0.670. The lowest BCUT2D eigenvalue weighted by Gasteiger charge is -2.09. The molecule has 0 saturated carbocycles. The van der Waals surface area contributed by atoms with Gasteiger partial charge in [0.05, 0.1) is 27.4 Å². The Hall–Kier alpha value is -7.04. The molecule has 0 radical (unpaired) electrons. The van der Waals surface area contributed by atoms with E-state index in [4.69, 9.17) is 8.83 Å². The summed E-state index contributed by atoms with van der Waals surface area (Å²) in [5.74, 6) is 0. The Morgan fingerprint density at radius 2 is 1.06 bits per heavy atom. The Morgan fingerprint density at radius 1 is 0.509 bits per heavy atom. The third-order valence-corrected chi connectivity index (χ3v) is 11.4. The first-order chi connectivity index (χ1) is 26.2. The number of benzene rings is 7. The summed E-state index contributed by atoms with van der Waals surface area (Å²) in [6.07, 6.45) is 6.16. The Bertz CT molecular complexity index is 3490. The highest BCUT2D eigenvalue weighted by atomic mass is 16.3. The molecule has 0 N–H and O–H groups in total. The average Bonchev–Trinajstić information content (AvgIpc) is 4.00. The van der Waals surface area contributed by atoms with E-state index in [9.17, 15) is 0 Å². The van der Waals surface area contributed by atoms with Gasteiger partial charge in [-0.3, -0.25) is 0 Å². The predicted molar refractivity (Wildman–Crippen MR) is 222 cm³/mol. The van der Waals surface area contributed by atoms with Gasteiger partial charge in [0, 0.05) is 59.4 Å². The molecule has 12 rings (SSSR count). The highest BCUT2D eigenvalue weighted by Gasteiger charge is 2.25. The van der Waals surface area contributed by atoms with E-state index in [1.807, 2.05) is 18.2 Å². The van der Waals surface area contributed by atoms with E-state index in [1.165, 1.54) is 32.4 Å². The van der Waals surface area contributed by atoms with Crippen LogP contribution in [0.2, 0.25) is 0 Å². The lowest BCUT2D eigenvalue weighted by Crippen LogP contribution is -2.27. The van der Waals surface area contributed by atoms with Gasteiger partial charge in [0.25, 0.3) is 0 Å². The fourth-order valence-electron chi connectivity index (χ4n) is 9.16. The number of nitrogens with zero attached hydrogens (tertiary/aromatic N) is 2. The van der Waals surface area contributed by atoms with Crippen LogP contribution in [-0.4, -0.2) is 8.97 Å². The first-order valence-corrected chi connectivity index (χ1v) is 18.1. The minimum atomic E-state index is 0.891. The quantitative estimate of drug-likeness (QED) is 0.186. The molecule has 5 heterocycles. The topological polar surface area (TPSA) is 35.6 Å². The molecule has 4 heteroatoms. The molecule has 0 amide bonds. The van der Waals surface area contributed by atoms with E-state index in [-0.39, 0.29) is 0 Å². The summed E-state index contributed by atoms with van der Waals surface area (Å²) >= 11 is 0. The van der Waals surface area contributed by atoms with Crippen LogP contribution >= 0.6 is 0 Å². The summed E-state index contributed by atoms with van der Waals surface area (Å²) in [6.45, 7) is 6.13. The zero-order valence-corrected chi connectivity index (χ0v) is 28.9. The highest BCUT2D eigenvalue weighted by molar-refractivity contribution is 6.32. The smallest absolute Gasteiger partial charge is 0.160 e. The molecule has 0 bridgehead atoms. The van der Waals surface area contributed by atoms with E-state index in [1.54, 1.807) is 0 Å². The maximum atomic E-state index is 6.72. The largest absolute Gasteiger partial charge is 0.454 e. The minimum Gasteiger partial charge on any atom is -0.454 e. The molecular weight excluding hydrogens is 649 g/mol. The molecule has 53 heavy (non-hydrogen) atoms. The molecule has 248 valence electrons. The van der Waals surface area contributed by atoms with Crippen LogP contribution in [-0.2, 0) is 0 Å². The number of allylic oxidation sites excluding steroid dienone is 1.